The first-order valence-corrected chi connectivity index (χ1v) is 9.21. The maximum absolute atomic E-state index is 5.97. The van der Waals surface area contributed by atoms with Gasteiger partial charge in [-0.25, -0.2) is 4.98 Å². The standard InChI is InChI=1S/C18H31N5O2.HI/c1-18(2,3)15-9-20-16(25-15)10-22-17(19-4)21-8-14-11-23-7-5-6-13(23)12-24-14;/h9,13-14H,5-8,10-12H2,1-4H3,(H2,19,21,22);1H. The van der Waals surface area contributed by atoms with Crippen LogP contribution in [0.5, 0.6) is 0 Å². The number of aromatic nitrogens is 1. The second-order valence-electron chi connectivity index (χ2n) is 7.92. The van der Waals surface area contributed by atoms with E-state index in [-0.39, 0.29) is 35.5 Å². The van der Waals surface area contributed by atoms with Crippen LogP contribution < -0.4 is 10.6 Å². The van der Waals surface area contributed by atoms with Crippen molar-refractivity contribution in [2.24, 2.45) is 4.99 Å². The summed E-state index contributed by atoms with van der Waals surface area (Å²) in [6.45, 7) is 10.7. The molecule has 2 unspecified atom stereocenters. The molecule has 7 nitrogen and oxygen atoms in total. The van der Waals surface area contributed by atoms with Crippen molar-refractivity contribution in [1.29, 1.82) is 0 Å². The highest BCUT2D eigenvalue weighted by atomic mass is 127. The number of morpholine rings is 1. The second-order valence-corrected chi connectivity index (χ2v) is 7.92. The fourth-order valence-electron chi connectivity index (χ4n) is 3.34. The van der Waals surface area contributed by atoms with Gasteiger partial charge in [0, 0.05) is 31.6 Å². The lowest BCUT2D eigenvalue weighted by atomic mass is 9.94. The van der Waals surface area contributed by atoms with Gasteiger partial charge in [-0.1, -0.05) is 20.8 Å². The van der Waals surface area contributed by atoms with E-state index in [9.17, 15) is 0 Å². The SMILES string of the molecule is CN=C(NCc1ncc(C(C)(C)C)o1)NCC1CN2CCCC2CO1.I. The van der Waals surface area contributed by atoms with E-state index in [0.717, 1.165) is 31.4 Å². The Bertz CT molecular complexity index is 599. The summed E-state index contributed by atoms with van der Waals surface area (Å²) < 4.78 is 11.8. The lowest BCUT2D eigenvalue weighted by molar-refractivity contribution is -0.0453. The zero-order chi connectivity index (χ0) is 17.9. The lowest BCUT2D eigenvalue weighted by Crippen LogP contribution is -2.51. The summed E-state index contributed by atoms with van der Waals surface area (Å²) in [5.41, 5.74) is -0.0308. The summed E-state index contributed by atoms with van der Waals surface area (Å²) in [6, 6.07) is 0.635. The second kappa shape index (κ2) is 9.36. The van der Waals surface area contributed by atoms with Crippen LogP contribution in [0, 0.1) is 0 Å². The average Bonchev–Trinajstić information content (AvgIpc) is 3.23. The number of oxazole rings is 1. The molecule has 2 aliphatic heterocycles. The van der Waals surface area contributed by atoms with Gasteiger partial charge in [-0.15, -0.1) is 24.0 Å². The minimum Gasteiger partial charge on any atom is -0.443 e. The first kappa shape index (κ1) is 21.4. The lowest BCUT2D eigenvalue weighted by Gasteiger charge is -2.35. The Hall–Kier alpha value is -0.870. The molecule has 0 saturated carbocycles. The smallest absolute Gasteiger partial charge is 0.213 e. The molecule has 3 heterocycles. The molecule has 0 radical (unpaired) electrons. The molecule has 2 aliphatic rings. The van der Waals surface area contributed by atoms with Gasteiger partial charge >= 0.3 is 0 Å². The van der Waals surface area contributed by atoms with Crippen molar-refractivity contribution in [1.82, 2.24) is 20.5 Å². The number of aliphatic imine (C=N–C) groups is 1. The Morgan fingerprint density at radius 1 is 1.38 bits per heavy atom. The Kier molecular flexibility index (Phi) is 7.72. The van der Waals surface area contributed by atoms with Crippen molar-refractivity contribution in [2.45, 2.75) is 57.7 Å². The van der Waals surface area contributed by atoms with E-state index in [1.54, 1.807) is 13.2 Å². The summed E-state index contributed by atoms with van der Waals surface area (Å²) in [6.07, 6.45) is 4.58. The van der Waals surface area contributed by atoms with Gasteiger partial charge in [-0.3, -0.25) is 9.89 Å². The van der Waals surface area contributed by atoms with Crippen molar-refractivity contribution in [3.63, 3.8) is 0 Å². The van der Waals surface area contributed by atoms with E-state index in [2.05, 4.69) is 46.3 Å². The van der Waals surface area contributed by atoms with E-state index in [4.69, 9.17) is 9.15 Å². The van der Waals surface area contributed by atoms with Crippen LogP contribution in [0.3, 0.4) is 0 Å². The van der Waals surface area contributed by atoms with Crippen LogP contribution in [-0.2, 0) is 16.7 Å². The molecule has 26 heavy (non-hydrogen) atoms. The topological polar surface area (TPSA) is 74.9 Å². The molecular weight excluding hydrogens is 445 g/mol. The monoisotopic (exact) mass is 477 g/mol. The minimum absolute atomic E-state index is 0. The van der Waals surface area contributed by atoms with Crippen molar-refractivity contribution in [3.05, 3.63) is 17.8 Å². The van der Waals surface area contributed by atoms with E-state index in [0.29, 0.717) is 18.5 Å². The van der Waals surface area contributed by atoms with Gasteiger partial charge in [0.15, 0.2) is 5.96 Å². The first-order chi connectivity index (χ1) is 12.0. The van der Waals surface area contributed by atoms with Crippen molar-refractivity contribution in [3.8, 4) is 0 Å². The summed E-state index contributed by atoms with van der Waals surface area (Å²) in [4.78, 5) is 11.1. The predicted molar refractivity (Wildman–Crippen MR) is 113 cm³/mol. The number of guanidine groups is 1. The van der Waals surface area contributed by atoms with Crippen molar-refractivity contribution < 1.29 is 9.15 Å². The fraction of sp³-hybridized carbons (Fsp3) is 0.778. The molecule has 148 valence electrons. The number of halogens is 1. The average molecular weight is 477 g/mol. The van der Waals surface area contributed by atoms with Crippen LogP contribution in [-0.4, -0.2) is 61.3 Å². The van der Waals surface area contributed by atoms with Gasteiger partial charge < -0.3 is 19.8 Å². The van der Waals surface area contributed by atoms with Gasteiger partial charge in [0.05, 0.1) is 25.5 Å². The number of nitrogens with zero attached hydrogens (tertiary/aromatic N) is 3. The van der Waals surface area contributed by atoms with Gasteiger partial charge in [0.25, 0.3) is 0 Å². The highest BCUT2D eigenvalue weighted by molar-refractivity contribution is 14.0. The van der Waals surface area contributed by atoms with Gasteiger partial charge in [-0.05, 0) is 19.4 Å². The van der Waals surface area contributed by atoms with E-state index >= 15 is 0 Å². The molecule has 2 atom stereocenters. The third-order valence-electron chi connectivity index (χ3n) is 4.88. The number of fused-ring (bicyclic) bond motifs is 1. The van der Waals surface area contributed by atoms with E-state index in [1.165, 1.54) is 19.4 Å². The Balaban J connectivity index is 0.00000243. The number of hydrogen-bond acceptors (Lipinski definition) is 5. The van der Waals surface area contributed by atoms with E-state index < -0.39 is 0 Å². The van der Waals surface area contributed by atoms with Crippen molar-refractivity contribution >= 4 is 29.9 Å². The minimum atomic E-state index is -0.0308. The van der Waals surface area contributed by atoms with Crippen LogP contribution in [0.15, 0.2) is 15.6 Å². The molecule has 8 heteroatoms. The zero-order valence-corrected chi connectivity index (χ0v) is 18.6. The molecule has 0 aromatic carbocycles. The van der Waals surface area contributed by atoms with Crippen molar-refractivity contribution in [2.75, 3.05) is 33.3 Å². The quantitative estimate of drug-likeness (QED) is 0.393. The Labute approximate surface area is 173 Å². The first-order valence-electron chi connectivity index (χ1n) is 9.21. The highest BCUT2D eigenvalue weighted by Crippen LogP contribution is 2.23. The molecule has 3 rings (SSSR count). The van der Waals surface area contributed by atoms with Crippen LogP contribution in [0.4, 0.5) is 0 Å². The third kappa shape index (κ3) is 5.56. The number of ether oxygens (including phenoxy) is 1. The summed E-state index contributed by atoms with van der Waals surface area (Å²) in [5.74, 6) is 2.30. The predicted octanol–water partition coefficient (Wildman–Crippen LogP) is 2.12. The summed E-state index contributed by atoms with van der Waals surface area (Å²) >= 11 is 0. The largest absolute Gasteiger partial charge is 0.443 e. The Morgan fingerprint density at radius 3 is 2.88 bits per heavy atom. The maximum atomic E-state index is 5.97. The normalized spacial score (nSPS) is 24.1. The molecule has 0 spiro atoms. The maximum Gasteiger partial charge on any atom is 0.213 e. The van der Waals surface area contributed by atoms with Crippen LogP contribution in [0.2, 0.25) is 0 Å². The molecule has 0 aliphatic carbocycles. The van der Waals surface area contributed by atoms with Gasteiger partial charge in [-0.2, -0.15) is 0 Å². The van der Waals surface area contributed by atoms with Gasteiger partial charge in [0.1, 0.15) is 5.76 Å². The highest BCUT2D eigenvalue weighted by Gasteiger charge is 2.32. The fourth-order valence-corrected chi connectivity index (χ4v) is 3.34. The number of hydrogen-bond donors (Lipinski definition) is 2. The summed E-state index contributed by atoms with van der Waals surface area (Å²) in [7, 11) is 1.77. The molecule has 1 aromatic heterocycles. The molecule has 2 fully saturated rings. The number of nitrogens with one attached hydrogen (secondary N) is 2. The molecule has 1 aromatic rings. The molecule has 2 N–H and O–H groups in total. The van der Waals surface area contributed by atoms with Crippen LogP contribution in [0.25, 0.3) is 0 Å². The Morgan fingerprint density at radius 2 is 2.19 bits per heavy atom. The number of rotatable bonds is 4. The summed E-state index contributed by atoms with van der Waals surface area (Å²) in [5, 5.41) is 6.59. The molecule has 0 bridgehead atoms. The van der Waals surface area contributed by atoms with Gasteiger partial charge in [0.2, 0.25) is 5.89 Å². The van der Waals surface area contributed by atoms with Crippen LogP contribution in [0.1, 0.15) is 45.3 Å². The van der Waals surface area contributed by atoms with E-state index in [1.807, 2.05) is 0 Å². The molecule has 0 amide bonds. The molecule has 2 saturated heterocycles. The molecular formula is C18H32IN5O2. The third-order valence-corrected chi connectivity index (χ3v) is 4.88. The zero-order valence-electron chi connectivity index (χ0n) is 16.2. The van der Waals surface area contributed by atoms with Crippen LogP contribution >= 0.6 is 24.0 Å².